The van der Waals surface area contributed by atoms with Crippen molar-refractivity contribution in [3.05, 3.63) is 0 Å². The first kappa shape index (κ1) is 13.7. The summed E-state index contributed by atoms with van der Waals surface area (Å²) in [7, 11) is 2.14. The molecular formula is C11H22ClN3O. The minimum absolute atomic E-state index is 0. The zero-order valence-electron chi connectivity index (χ0n) is 9.87. The van der Waals surface area contributed by atoms with Gasteiger partial charge in [0.1, 0.15) is 0 Å². The van der Waals surface area contributed by atoms with E-state index in [1.165, 1.54) is 19.4 Å². The molecule has 94 valence electrons. The number of rotatable bonds is 3. The molecule has 2 unspecified atom stereocenters. The van der Waals surface area contributed by atoms with E-state index in [0.717, 1.165) is 25.9 Å². The van der Waals surface area contributed by atoms with Gasteiger partial charge >= 0.3 is 0 Å². The van der Waals surface area contributed by atoms with Crippen LogP contribution in [0, 0.1) is 0 Å². The summed E-state index contributed by atoms with van der Waals surface area (Å²) >= 11 is 0. The lowest BCUT2D eigenvalue weighted by atomic mass is 10.2. The number of halogens is 1. The second-order valence-corrected chi connectivity index (χ2v) is 4.67. The number of hydrogen-bond acceptors (Lipinski definition) is 3. The average Bonchev–Trinajstić information content (AvgIpc) is 2.85. The quantitative estimate of drug-likeness (QED) is 0.758. The molecule has 2 aliphatic rings. The predicted octanol–water partition coefficient (Wildman–Crippen LogP) is 0.371. The second-order valence-electron chi connectivity index (χ2n) is 4.67. The Balaban J connectivity index is 0.00000128. The lowest BCUT2D eigenvalue weighted by Gasteiger charge is -2.20. The molecule has 0 spiro atoms. The molecule has 0 aromatic rings. The van der Waals surface area contributed by atoms with E-state index >= 15 is 0 Å². The first-order valence-electron chi connectivity index (χ1n) is 5.98. The van der Waals surface area contributed by atoms with Crippen molar-refractivity contribution in [1.82, 2.24) is 15.5 Å². The molecule has 4 nitrogen and oxygen atoms in total. The molecule has 0 aromatic heterocycles. The summed E-state index contributed by atoms with van der Waals surface area (Å²) < 4.78 is 0. The van der Waals surface area contributed by atoms with Crippen molar-refractivity contribution in [2.75, 3.05) is 26.7 Å². The molecule has 2 heterocycles. The van der Waals surface area contributed by atoms with Crippen LogP contribution < -0.4 is 10.6 Å². The third kappa shape index (κ3) is 3.34. The summed E-state index contributed by atoms with van der Waals surface area (Å²) in [6.45, 7) is 2.97. The van der Waals surface area contributed by atoms with Crippen molar-refractivity contribution in [2.45, 2.75) is 37.8 Å². The topological polar surface area (TPSA) is 44.4 Å². The molecule has 2 N–H and O–H groups in total. The Hall–Kier alpha value is -0.320. The lowest BCUT2D eigenvalue weighted by Crippen LogP contribution is -2.45. The minimum Gasteiger partial charge on any atom is -0.353 e. The summed E-state index contributed by atoms with van der Waals surface area (Å²) in [6, 6.07) is 0.618. The molecule has 2 atom stereocenters. The van der Waals surface area contributed by atoms with Gasteiger partial charge in [-0.2, -0.15) is 0 Å². The number of nitrogens with zero attached hydrogens (tertiary/aromatic N) is 1. The summed E-state index contributed by atoms with van der Waals surface area (Å²) in [5, 5.41) is 6.27. The maximum absolute atomic E-state index is 11.7. The van der Waals surface area contributed by atoms with Crippen molar-refractivity contribution in [3.8, 4) is 0 Å². The van der Waals surface area contributed by atoms with Crippen molar-refractivity contribution in [1.29, 1.82) is 0 Å². The van der Waals surface area contributed by atoms with Crippen LogP contribution in [-0.4, -0.2) is 49.6 Å². The fraction of sp³-hybridized carbons (Fsp3) is 0.909. The first-order chi connectivity index (χ1) is 7.27. The molecule has 1 amide bonds. The molecule has 0 bridgehead atoms. The predicted molar refractivity (Wildman–Crippen MR) is 66.9 cm³/mol. The summed E-state index contributed by atoms with van der Waals surface area (Å²) in [5.74, 6) is 0.188. The van der Waals surface area contributed by atoms with Gasteiger partial charge in [-0.05, 0) is 45.8 Å². The number of likely N-dealkylation sites (N-methyl/N-ethyl adjacent to an activating group) is 1. The highest BCUT2D eigenvalue weighted by molar-refractivity contribution is 5.85. The van der Waals surface area contributed by atoms with Crippen LogP contribution in [0.1, 0.15) is 25.7 Å². The van der Waals surface area contributed by atoms with Crippen LogP contribution in [0.2, 0.25) is 0 Å². The highest BCUT2D eigenvalue weighted by atomic mass is 35.5. The van der Waals surface area contributed by atoms with Crippen molar-refractivity contribution in [3.63, 3.8) is 0 Å². The monoisotopic (exact) mass is 247 g/mol. The molecule has 2 fully saturated rings. The lowest BCUT2D eigenvalue weighted by molar-refractivity contribution is -0.122. The van der Waals surface area contributed by atoms with Gasteiger partial charge in [0.15, 0.2) is 0 Å². The Labute approximate surface area is 104 Å². The molecule has 0 radical (unpaired) electrons. The van der Waals surface area contributed by atoms with Gasteiger partial charge in [0.05, 0.1) is 6.04 Å². The van der Waals surface area contributed by atoms with Crippen LogP contribution in [0.4, 0.5) is 0 Å². The van der Waals surface area contributed by atoms with E-state index in [1.807, 2.05) is 0 Å². The van der Waals surface area contributed by atoms with Gasteiger partial charge in [0.25, 0.3) is 0 Å². The highest BCUT2D eigenvalue weighted by Crippen LogP contribution is 2.13. The van der Waals surface area contributed by atoms with Crippen molar-refractivity contribution in [2.24, 2.45) is 0 Å². The Bertz CT molecular complexity index is 231. The summed E-state index contributed by atoms with van der Waals surface area (Å²) in [6.07, 6.45) is 4.60. The minimum atomic E-state index is 0. The molecule has 2 aliphatic heterocycles. The number of hydrogen-bond donors (Lipinski definition) is 2. The second kappa shape index (κ2) is 6.42. The SMILES string of the molecule is CN1CCCC1CNC(=O)C1CCCN1.Cl. The molecular weight excluding hydrogens is 226 g/mol. The zero-order valence-corrected chi connectivity index (χ0v) is 10.7. The Morgan fingerprint density at radius 1 is 1.44 bits per heavy atom. The van der Waals surface area contributed by atoms with E-state index in [0.29, 0.717) is 6.04 Å². The summed E-state index contributed by atoms with van der Waals surface area (Å²) in [4.78, 5) is 14.1. The van der Waals surface area contributed by atoms with Gasteiger partial charge in [-0.25, -0.2) is 0 Å². The van der Waals surface area contributed by atoms with Gasteiger partial charge in [0.2, 0.25) is 5.91 Å². The molecule has 0 aromatic carbocycles. The summed E-state index contributed by atoms with van der Waals surface area (Å²) in [5.41, 5.74) is 0. The fourth-order valence-corrected chi connectivity index (χ4v) is 2.49. The number of amides is 1. The van der Waals surface area contributed by atoms with Crippen molar-refractivity contribution < 1.29 is 4.79 Å². The van der Waals surface area contributed by atoms with Crippen LogP contribution >= 0.6 is 12.4 Å². The maximum Gasteiger partial charge on any atom is 0.237 e. The van der Waals surface area contributed by atoms with E-state index in [9.17, 15) is 4.79 Å². The van der Waals surface area contributed by atoms with Crippen molar-refractivity contribution >= 4 is 18.3 Å². The molecule has 2 rings (SSSR count). The molecule has 0 saturated carbocycles. The fourth-order valence-electron chi connectivity index (χ4n) is 2.49. The number of likely N-dealkylation sites (tertiary alicyclic amines) is 1. The van der Waals surface area contributed by atoms with Gasteiger partial charge in [0, 0.05) is 12.6 Å². The largest absolute Gasteiger partial charge is 0.353 e. The molecule has 16 heavy (non-hydrogen) atoms. The normalized spacial score (nSPS) is 30.1. The van der Waals surface area contributed by atoms with Crippen LogP contribution in [0.3, 0.4) is 0 Å². The third-order valence-corrected chi connectivity index (χ3v) is 3.56. The third-order valence-electron chi connectivity index (χ3n) is 3.56. The van der Waals surface area contributed by atoms with E-state index in [1.54, 1.807) is 0 Å². The smallest absolute Gasteiger partial charge is 0.237 e. The Morgan fingerprint density at radius 3 is 2.81 bits per heavy atom. The van der Waals surface area contributed by atoms with E-state index in [2.05, 4.69) is 22.6 Å². The first-order valence-corrected chi connectivity index (χ1v) is 5.98. The Kier molecular flexibility index (Phi) is 5.52. The van der Waals surface area contributed by atoms with Crippen LogP contribution in [0.15, 0.2) is 0 Å². The molecule has 5 heteroatoms. The number of carbonyl (C=O) groups excluding carboxylic acids is 1. The van der Waals surface area contributed by atoms with E-state index in [4.69, 9.17) is 0 Å². The van der Waals surface area contributed by atoms with Gasteiger partial charge in [-0.3, -0.25) is 4.79 Å². The van der Waals surface area contributed by atoms with E-state index in [-0.39, 0.29) is 24.4 Å². The number of carbonyl (C=O) groups is 1. The molecule has 2 saturated heterocycles. The zero-order chi connectivity index (χ0) is 10.7. The van der Waals surface area contributed by atoms with E-state index < -0.39 is 0 Å². The standard InChI is InChI=1S/C11H21N3O.ClH/c1-14-7-3-4-9(14)8-13-11(15)10-5-2-6-12-10;/h9-10,12H,2-8H2,1H3,(H,13,15);1H. The number of nitrogens with one attached hydrogen (secondary N) is 2. The Morgan fingerprint density at radius 2 is 2.25 bits per heavy atom. The molecule has 0 aliphatic carbocycles. The highest BCUT2D eigenvalue weighted by Gasteiger charge is 2.25. The van der Waals surface area contributed by atoms with Gasteiger partial charge < -0.3 is 15.5 Å². The van der Waals surface area contributed by atoms with Crippen LogP contribution in [-0.2, 0) is 4.79 Å². The maximum atomic E-state index is 11.7. The van der Waals surface area contributed by atoms with Gasteiger partial charge in [-0.15, -0.1) is 12.4 Å². The van der Waals surface area contributed by atoms with Crippen LogP contribution in [0.25, 0.3) is 0 Å². The average molecular weight is 248 g/mol. The van der Waals surface area contributed by atoms with Crippen LogP contribution in [0.5, 0.6) is 0 Å². The van der Waals surface area contributed by atoms with Gasteiger partial charge in [-0.1, -0.05) is 0 Å².